The topological polar surface area (TPSA) is 40.5 Å². The van der Waals surface area contributed by atoms with Crippen molar-refractivity contribution in [3.05, 3.63) is 59.7 Å². The van der Waals surface area contributed by atoms with Gasteiger partial charge in [0, 0.05) is 5.56 Å². The van der Waals surface area contributed by atoms with Crippen LogP contribution in [0.4, 0.5) is 0 Å². The summed E-state index contributed by atoms with van der Waals surface area (Å²) in [6, 6.07) is 14.0. The van der Waals surface area contributed by atoms with Gasteiger partial charge in [0.1, 0.15) is 11.5 Å². The van der Waals surface area contributed by atoms with Gasteiger partial charge in [0.2, 0.25) is 0 Å². The van der Waals surface area contributed by atoms with Crippen LogP contribution in [0.15, 0.2) is 48.5 Å². The predicted molar refractivity (Wildman–Crippen MR) is 65.1 cm³/mol. The first-order valence-corrected chi connectivity index (χ1v) is 5.01. The fraction of sp³-hybridized carbons (Fsp3) is 0. The zero-order valence-corrected chi connectivity index (χ0v) is 8.67. The van der Waals surface area contributed by atoms with E-state index in [1.165, 1.54) is 0 Å². The molecule has 0 heterocycles. The molecule has 2 nitrogen and oxygen atoms in total. The first-order chi connectivity index (χ1) is 7.75. The maximum atomic E-state index is 9.54. The van der Waals surface area contributed by atoms with Crippen LogP contribution in [0.5, 0.6) is 11.5 Å². The van der Waals surface area contributed by atoms with E-state index in [0.717, 1.165) is 11.1 Å². The van der Waals surface area contributed by atoms with Gasteiger partial charge in [-0.2, -0.15) is 0 Å². The van der Waals surface area contributed by atoms with E-state index in [2.05, 4.69) is 0 Å². The average molecular weight is 212 g/mol. The van der Waals surface area contributed by atoms with Gasteiger partial charge < -0.3 is 10.2 Å². The molecule has 2 aromatic rings. The molecule has 0 spiro atoms. The van der Waals surface area contributed by atoms with Gasteiger partial charge in [0.15, 0.2) is 0 Å². The molecule has 0 fully saturated rings. The molecular formula is C14H12O2. The minimum atomic E-state index is 0.250. The molecule has 0 saturated carbocycles. The molecule has 16 heavy (non-hydrogen) atoms. The molecule has 0 unspecified atom stereocenters. The van der Waals surface area contributed by atoms with E-state index in [9.17, 15) is 5.11 Å². The van der Waals surface area contributed by atoms with Crippen LogP contribution in [0.3, 0.4) is 0 Å². The second-order valence-corrected chi connectivity index (χ2v) is 3.48. The minimum absolute atomic E-state index is 0.250. The lowest BCUT2D eigenvalue weighted by Gasteiger charge is -1.97. The molecule has 2 N–H and O–H groups in total. The first kappa shape index (κ1) is 10.3. The summed E-state index contributed by atoms with van der Waals surface area (Å²) in [5.41, 5.74) is 1.75. The van der Waals surface area contributed by atoms with Crippen LogP contribution < -0.4 is 0 Å². The number of hydrogen-bond acceptors (Lipinski definition) is 2. The lowest BCUT2D eigenvalue weighted by molar-refractivity contribution is 0.474. The molecule has 0 amide bonds. The highest BCUT2D eigenvalue weighted by molar-refractivity contribution is 5.72. The maximum absolute atomic E-state index is 9.54. The quantitative estimate of drug-likeness (QED) is 0.750. The fourth-order valence-corrected chi connectivity index (χ4v) is 1.40. The zero-order valence-electron chi connectivity index (χ0n) is 8.67. The molecule has 0 aliphatic heterocycles. The van der Waals surface area contributed by atoms with E-state index in [-0.39, 0.29) is 11.5 Å². The van der Waals surface area contributed by atoms with E-state index in [1.54, 1.807) is 24.3 Å². The van der Waals surface area contributed by atoms with Gasteiger partial charge in [-0.25, -0.2) is 0 Å². The summed E-state index contributed by atoms with van der Waals surface area (Å²) < 4.78 is 0. The Morgan fingerprint density at radius 3 is 2.12 bits per heavy atom. The smallest absolute Gasteiger partial charge is 0.122 e. The van der Waals surface area contributed by atoms with Crippen LogP contribution in [0, 0.1) is 0 Å². The molecule has 0 radical (unpaired) electrons. The van der Waals surface area contributed by atoms with Crippen molar-refractivity contribution in [1.82, 2.24) is 0 Å². The third-order valence-electron chi connectivity index (χ3n) is 2.29. The van der Waals surface area contributed by atoms with E-state index in [4.69, 9.17) is 5.11 Å². The summed E-state index contributed by atoms with van der Waals surface area (Å²) in [7, 11) is 0. The number of rotatable bonds is 2. The van der Waals surface area contributed by atoms with E-state index >= 15 is 0 Å². The molecule has 2 aromatic carbocycles. The summed E-state index contributed by atoms with van der Waals surface area (Å²) in [6.45, 7) is 0. The lowest BCUT2D eigenvalue weighted by Crippen LogP contribution is -1.74. The highest BCUT2D eigenvalue weighted by Gasteiger charge is 1.94. The van der Waals surface area contributed by atoms with Crippen LogP contribution in [0.25, 0.3) is 12.2 Å². The Morgan fingerprint density at radius 1 is 0.750 bits per heavy atom. The van der Waals surface area contributed by atoms with Gasteiger partial charge in [0.25, 0.3) is 0 Å². The molecule has 0 saturated heterocycles. The van der Waals surface area contributed by atoms with Crippen molar-refractivity contribution in [2.24, 2.45) is 0 Å². The maximum Gasteiger partial charge on any atom is 0.122 e. The molecule has 0 atom stereocenters. The summed E-state index contributed by atoms with van der Waals surface area (Å²) in [6.07, 6.45) is 3.72. The highest BCUT2D eigenvalue weighted by atomic mass is 16.3. The Labute approximate surface area is 94.1 Å². The third kappa shape index (κ3) is 2.42. The Hall–Kier alpha value is -2.22. The van der Waals surface area contributed by atoms with Crippen molar-refractivity contribution >= 4 is 12.2 Å². The number of aromatic hydroxyl groups is 2. The standard InChI is InChI=1S/C14H12O2/c15-13-9-6-11(7-10-13)5-8-12-3-1-2-4-14(12)16/h1-10,15-16H. The number of benzene rings is 2. The molecule has 2 rings (SSSR count). The molecule has 2 heteroatoms. The van der Waals surface area contributed by atoms with Crippen LogP contribution in [-0.4, -0.2) is 10.2 Å². The van der Waals surface area contributed by atoms with Gasteiger partial charge in [0.05, 0.1) is 0 Å². The second kappa shape index (κ2) is 4.53. The summed E-state index contributed by atoms with van der Waals surface area (Å²) in [4.78, 5) is 0. The van der Waals surface area contributed by atoms with Crippen LogP contribution in [0.1, 0.15) is 11.1 Å². The van der Waals surface area contributed by atoms with Gasteiger partial charge >= 0.3 is 0 Å². The summed E-state index contributed by atoms with van der Waals surface area (Å²) >= 11 is 0. The normalized spacial score (nSPS) is 10.8. The van der Waals surface area contributed by atoms with E-state index in [0.29, 0.717) is 0 Å². The Balaban J connectivity index is 2.21. The SMILES string of the molecule is Oc1ccc(C=Cc2ccccc2O)cc1. The second-order valence-electron chi connectivity index (χ2n) is 3.48. The molecule has 80 valence electrons. The van der Waals surface area contributed by atoms with Crippen molar-refractivity contribution in [2.45, 2.75) is 0 Å². The van der Waals surface area contributed by atoms with Crippen LogP contribution in [0.2, 0.25) is 0 Å². The van der Waals surface area contributed by atoms with Gasteiger partial charge in [-0.3, -0.25) is 0 Å². The number of para-hydroxylation sites is 1. The van der Waals surface area contributed by atoms with Gasteiger partial charge in [-0.05, 0) is 23.8 Å². The van der Waals surface area contributed by atoms with Crippen LogP contribution >= 0.6 is 0 Å². The van der Waals surface area contributed by atoms with Crippen molar-refractivity contribution < 1.29 is 10.2 Å². The first-order valence-electron chi connectivity index (χ1n) is 5.01. The minimum Gasteiger partial charge on any atom is -0.508 e. The van der Waals surface area contributed by atoms with Gasteiger partial charge in [-0.15, -0.1) is 0 Å². The Morgan fingerprint density at radius 2 is 1.44 bits per heavy atom. The Bertz CT molecular complexity index is 498. The highest BCUT2D eigenvalue weighted by Crippen LogP contribution is 2.19. The third-order valence-corrected chi connectivity index (χ3v) is 2.29. The lowest BCUT2D eigenvalue weighted by atomic mass is 10.1. The molecule has 0 aromatic heterocycles. The monoisotopic (exact) mass is 212 g/mol. The van der Waals surface area contributed by atoms with Crippen molar-refractivity contribution in [2.75, 3.05) is 0 Å². The van der Waals surface area contributed by atoms with Crippen molar-refractivity contribution in [3.63, 3.8) is 0 Å². The zero-order chi connectivity index (χ0) is 11.4. The molecular weight excluding hydrogens is 200 g/mol. The Kier molecular flexibility index (Phi) is 2.92. The molecule has 0 bridgehead atoms. The summed E-state index contributed by atoms with van der Waals surface area (Å²) in [5, 5.41) is 18.7. The number of hydrogen-bond donors (Lipinski definition) is 2. The largest absolute Gasteiger partial charge is 0.508 e. The molecule has 0 aliphatic rings. The fourth-order valence-electron chi connectivity index (χ4n) is 1.40. The number of phenols is 2. The molecule has 0 aliphatic carbocycles. The average Bonchev–Trinajstić information content (AvgIpc) is 2.30. The van der Waals surface area contributed by atoms with Crippen molar-refractivity contribution in [3.8, 4) is 11.5 Å². The van der Waals surface area contributed by atoms with Gasteiger partial charge in [-0.1, -0.05) is 42.5 Å². The number of phenolic OH excluding ortho intramolecular Hbond substituents is 2. The van der Waals surface area contributed by atoms with E-state index < -0.39 is 0 Å². The summed E-state index contributed by atoms with van der Waals surface area (Å²) in [5.74, 6) is 0.511. The van der Waals surface area contributed by atoms with Crippen LogP contribution in [-0.2, 0) is 0 Å². The van der Waals surface area contributed by atoms with Crippen molar-refractivity contribution in [1.29, 1.82) is 0 Å². The predicted octanol–water partition coefficient (Wildman–Crippen LogP) is 3.27. The van der Waals surface area contributed by atoms with E-state index in [1.807, 2.05) is 36.4 Å².